The highest BCUT2D eigenvalue weighted by atomic mass is 35.5. The summed E-state index contributed by atoms with van der Waals surface area (Å²) in [5.41, 5.74) is 3.43. The number of benzene rings is 1. The van der Waals surface area contributed by atoms with E-state index in [1.54, 1.807) is 18.2 Å². The van der Waals surface area contributed by atoms with Crippen molar-refractivity contribution in [2.75, 3.05) is 6.61 Å². The highest BCUT2D eigenvalue weighted by Crippen LogP contribution is 2.24. The van der Waals surface area contributed by atoms with Gasteiger partial charge in [-0.2, -0.15) is 0 Å². The second kappa shape index (κ2) is 6.74. The second-order valence-corrected chi connectivity index (χ2v) is 4.15. The van der Waals surface area contributed by atoms with Gasteiger partial charge in [0.1, 0.15) is 5.84 Å². The molecule has 16 heavy (non-hydrogen) atoms. The molecule has 0 amide bonds. The first kappa shape index (κ1) is 13.3. The standard InChI is InChI=1S/C11H14Cl2N2O/c1-3-4-16-15-8(2)14-11-6-9(12)5-10(13)7-11/h5-7H,3-4H2,1-2H3,(H,14,15). The van der Waals surface area contributed by atoms with Gasteiger partial charge in [0, 0.05) is 10.0 Å². The van der Waals surface area contributed by atoms with E-state index in [0.717, 1.165) is 6.42 Å². The van der Waals surface area contributed by atoms with Crippen molar-refractivity contribution in [3.8, 4) is 0 Å². The first-order chi connectivity index (χ1) is 7.61. The number of aliphatic imine (C=N–C) groups is 1. The van der Waals surface area contributed by atoms with Crippen LogP contribution in [0.15, 0.2) is 23.2 Å². The van der Waals surface area contributed by atoms with E-state index >= 15 is 0 Å². The molecule has 0 fully saturated rings. The molecule has 0 heterocycles. The number of rotatable bonds is 4. The van der Waals surface area contributed by atoms with Gasteiger partial charge >= 0.3 is 0 Å². The minimum atomic E-state index is 0.563. The van der Waals surface area contributed by atoms with Crippen LogP contribution in [-0.2, 0) is 4.84 Å². The van der Waals surface area contributed by atoms with E-state index in [2.05, 4.69) is 10.5 Å². The number of hydroxylamine groups is 1. The minimum Gasteiger partial charge on any atom is -0.275 e. The minimum absolute atomic E-state index is 0.563. The number of nitrogens with zero attached hydrogens (tertiary/aromatic N) is 1. The molecular formula is C11H14Cl2N2O. The first-order valence-corrected chi connectivity index (χ1v) is 5.76. The lowest BCUT2D eigenvalue weighted by Gasteiger charge is -2.05. The third-order valence-electron chi connectivity index (χ3n) is 1.67. The van der Waals surface area contributed by atoms with E-state index in [9.17, 15) is 0 Å². The Morgan fingerprint density at radius 1 is 1.31 bits per heavy atom. The van der Waals surface area contributed by atoms with Crippen molar-refractivity contribution in [3.63, 3.8) is 0 Å². The first-order valence-electron chi connectivity index (χ1n) is 5.01. The van der Waals surface area contributed by atoms with Crippen LogP contribution in [0.3, 0.4) is 0 Å². The quantitative estimate of drug-likeness (QED) is 0.385. The number of halogens is 2. The SMILES string of the molecule is CCCONC(C)=Nc1cc(Cl)cc(Cl)c1. The number of hydrogen-bond acceptors (Lipinski definition) is 2. The van der Waals surface area contributed by atoms with E-state index in [4.69, 9.17) is 28.0 Å². The molecule has 0 saturated carbocycles. The van der Waals surface area contributed by atoms with E-state index in [1.807, 2.05) is 13.8 Å². The normalized spacial score (nSPS) is 11.6. The maximum absolute atomic E-state index is 5.86. The van der Waals surface area contributed by atoms with Gasteiger partial charge in [0.25, 0.3) is 0 Å². The van der Waals surface area contributed by atoms with Crippen LogP contribution in [0.1, 0.15) is 20.3 Å². The van der Waals surface area contributed by atoms with E-state index in [0.29, 0.717) is 28.2 Å². The van der Waals surface area contributed by atoms with Crippen molar-refractivity contribution in [2.45, 2.75) is 20.3 Å². The summed E-state index contributed by atoms with van der Waals surface area (Å²) in [6, 6.07) is 5.13. The second-order valence-electron chi connectivity index (χ2n) is 3.28. The molecule has 1 aromatic rings. The summed E-state index contributed by atoms with van der Waals surface area (Å²) >= 11 is 11.7. The Kier molecular flexibility index (Phi) is 5.60. The zero-order valence-corrected chi connectivity index (χ0v) is 10.8. The van der Waals surface area contributed by atoms with Crippen LogP contribution in [0.25, 0.3) is 0 Å². The molecule has 0 aliphatic rings. The van der Waals surface area contributed by atoms with Crippen LogP contribution in [0, 0.1) is 0 Å². The molecule has 0 aromatic heterocycles. The molecule has 1 aromatic carbocycles. The lowest BCUT2D eigenvalue weighted by Crippen LogP contribution is -2.20. The Hall–Kier alpha value is -0.770. The molecule has 0 bridgehead atoms. The van der Waals surface area contributed by atoms with Gasteiger partial charge in [-0.3, -0.25) is 10.3 Å². The fourth-order valence-electron chi connectivity index (χ4n) is 1.08. The molecule has 1 rings (SSSR count). The largest absolute Gasteiger partial charge is 0.275 e. The van der Waals surface area contributed by atoms with E-state index in [1.165, 1.54) is 0 Å². The molecule has 0 aliphatic carbocycles. The monoisotopic (exact) mass is 260 g/mol. The van der Waals surface area contributed by atoms with Crippen LogP contribution in [0.5, 0.6) is 0 Å². The summed E-state index contributed by atoms with van der Waals surface area (Å²) in [6.07, 6.45) is 0.948. The molecule has 5 heteroatoms. The van der Waals surface area contributed by atoms with Gasteiger partial charge in [-0.1, -0.05) is 30.1 Å². The maximum Gasteiger partial charge on any atom is 0.123 e. The van der Waals surface area contributed by atoms with Gasteiger partial charge in [-0.15, -0.1) is 0 Å². The summed E-state index contributed by atoms with van der Waals surface area (Å²) in [7, 11) is 0. The lowest BCUT2D eigenvalue weighted by molar-refractivity contribution is 0.0852. The zero-order chi connectivity index (χ0) is 12.0. The van der Waals surface area contributed by atoms with Crippen molar-refractivity contribution < 1.29 is 4.84 Å². The molecule has 0 atom stereocenters. The lowest BCUT2D eigenvalue weighted by atomic mass is 10.3. The molecular weight excluding hydrogens is 247 g/mol. The van der Waals surface area contributed by atoms with Gasteiger partial charge in [0.15, 0.2) is 0 Å². The Bertz CT molecular complexity index is 360. The number of hydrogen-bond donors (Lipinski definition) is 1. The van der Waals surface area contributed by atoms with Crippen LogP contribution < -0.4 is 5.48 Å². The fraction of sp³-hybridized carbons (Fsp3) is 0.364. The molecule has 0 spiro atoms. The average Bonchev–Trinajstić information content (AvgIpc) is 2.16. The predicted octanol–water partition coefficient (Wildman–Crippen LogP) is 3.97. The highest BCUT2D eigenvalue weighted by Gasteiger charge is 1.97. The molecule has 0 saturated heterocycles. The van der Waals surface area contributed by atoms with E-state index < -0.39 is 0 Å². The highest BCUT2D eigenvalue weighted by molar-refractivity contribution is 6.35. The molecule has 3 nitrogen and oxygen atoms in total. The van der Waals surface area contributed by atoms with Crippen LogP contribution in [0.2, 0.25) is 10.0 Å². The fourth-order valence-corrected chi connectivity index (χ4v) is 1.59. The third-order valence-corrected chi connectivity index (χ3v) is 2.11. The Labute approximate surface area is 105 Å². The average molecular weight is 261 g/mol. The van der Waals surface area contributed by atoms with Gasteiger partial charge in [0.2, 0.25) is 0 Å². The summed E-state index contributed by atoms with van der Waals surface area (Å²) in [5, 5.41) is 1.13. The molecule has 88 valence electrons. The topological polar surface area (TPSA) is 33.6 Å². The number of nitrogens with one attached hydrogen (secondary N) is 1. The van der Waals surface area contributed by atoms with Crippen LogP contribution in [-0.4, -0.2) is 12.4 Å². The summed E-state index contributed by atoms with van der Waals surface area (Å²) in [6.45, 7) is 4.48. The molecule has 0 aliphatic heterocycles. The Morgan fingerprint density at radius 2 is 1.94 bits per heavy atom. The van der Waals surface area contributed by atoms with Crippen LogP contribution >= 0.6 is 23.2 Å². The molecule has 0 unspecified atom stereocenters. The number of amidine groups is 1. The Morgan fingerprint density at radius 3 is 2.50 bits per heavy atom. The van der Waals surface area contributed by atoms with Crippen molar-refractivity contribution in [2.24, 2.45) is 4.99 Å². The maximum atomic E-state index is 5.86. The Balaban J connectivity index is 2.66. The van der Waals surface area contributed by atoms with Crippen molar-refractivity contribution >= 4 is 34.7 Å². The van der Waals surface area contributed by atoms with Crippen molar-refractivity contribution in [3.05, 3.63) is 28.2 Å². The van der Waals surface area contributed by atoms with Gasteiger partial charge in [0.05, 0.1) is 12.3 Å². The summed E-state index contributed by atoms with van der Waals surface area (Å²) in [5.74, 6) is 0.659. The van der Waals surface area contributed by atoms with Crippen LogP contribution in [0.4, 0.5) is 5.69 Å². The molecule has 0 radical (unpaired) electrons. The smallest absolute Gasteiger partial charge is 0.123 e. The third kappa shape index (κ3) is 4.84. The van der Waals surface area contributed by atoms with Gasteiger partial charge < -0.3 is 0 Å². The predicted molar refractivity (Wildman–Crippen MR) is 68.6 cm³/mol. The van der Waals surface area contributed by atoms with E-state index in [-0.39, 0.29) is 0 Å². The molecule has 1 N–H and O–H groups in total. The van der Waals surface area contributed by atoms with Crippen molar-refractivity contribution in [1.29, 1.82) is 0 Å². The van der Waals surface area contributed by atoms with Crippen molar-refractivity contribution in [1.82, 2.24) is 5.48 Å². The summed E-state index contributed by atoms with van der Waals surface area (Å²) < 4.78 is 0. The summed E-state index contributed by atoms with van der Waals surface area (Å²) in [4.78, 5) is 9.39. The van der Waals surface area contributed by atoms with Gasteiger partial charge in [-0.05, 0) is 31.5 Å². The zero-order valence-electron chi connectivity index (χ0n) is 9.26. The van der Waals surface area contributed by atoms with Gasteiger partial charge in [-0.25, -0.2) is 4.99 Å².